The van der Waals surface area contributed by atoms with Crippen LogP contribution in [0.4, 0.5) is 11.4 Å². The molecule has 9 heteroatoms. The molecule has 0 saturated carbocycles. The summed E-state index contributed by atoms with van der Waals surface area (Å²) in [5, 5.41) is 21.5. The second-order valence-electron chi connectivity index (χ2n) is 4.47. The molecular weight excluding hydrogens is 300 g/mol. The van der Waals surface area contributed by atoms with Gasteiger partial charge in [-0.3, -0.25) is 20.2 Å². The Labute approximate surface area is 123 Å². The van der Waals surface area contributed by atoms with Gasteiger partial charge in [0.05, 0.1) is 21.5 Å². The van der Waals surface area contributed by atoms with Crippen LogP contribution in [-0.4, -0.2) is 33.4 Å². The van der Waals surface area contributed by atoms with Gasteiger partial charge in [-0.25, -0.2) is 4.79 Å². The van der Waals surface area contributed by atoms with Gasteiger partial charge in [-0.2, -0.15) is 11.8 Å². The lowest BCUT2D eigenvalue weighted by Gasteiger charge is -2.21. The van der Waals surface area contributed by atoms with Gasteiger partial charge in [0.1, 0.15) is 6.10 Å². The highest BCUT2D eigenvalue weighted by Crippen LogP contribution is 2.25. The lowest BCUT2D eigenvalue weighted by Crippen LogP contribution is -2.23. The Morgan fingerprint density at radius 3 is 2.10 bits per heavy atom. The molecule has 0 aliphatic carbocycles. The monoisotopic (exact) mass is 312 g/mol. The predicted molar refractivity (Wildman–Crippen MR) is 75.5 cm³/mol. The zero-order chi connectivity index (χ0) is 15.4. The summed E-state index contributed by atoms with van der Waals surface area (Å²) < 4.78 is 5.25. The van der Waals surface area contributed by atoms with Crippen LogP contribution in [0.5, 0.6) is 0 Å². The molecular formula is C12H12N2O6S. The van der Waals surface area contributed by atoms with Gasteiger partial charge in [0.2, 0.25) is 0 Å². The second-order valence-corrected chi connectivity index (χ2v) is 5.69. The maximum Gasteiger partial charge on any atom is 0.338 e. The summed E-state index contributed by atoms with van der Waals surface area (Å²) in [5.74, 6) is 0.999. The van der Waals surface area contributed by atoms with Crippen molar-refractivity contribution in [1.82, 2.24) is 0 Å². The van der Waals surface area contributed by atoms with Gasteiger partial charge in [-0.1, -0.05) is 0 Å². The van der Waals surface area contributed by atoms with Gasteiger partial charge >= 0.3 is 5.97 Å². The highest BCUT2D eigenvalue weighted by molar-refractivity contribution is 7.99. The lowest BCUT2D eigenvalue weighted by atomic mass is 10.1. The van der Waals surface area contributed by atoms with Gasteiger partial charge in [-0.15, -0.1) is 0 Å². The van der Waals surface area contributed by atoms with Crippen molar-refractivity contribution in [3.05, 3.63) is 44.0 Å². The van der Waals surface area contributed by atoms with Crippen molar-refractivity contribution in [1.29, 1.82) is 0 Å². The number of hydrogen-bond donors (Lipinski definition) is 0. The maximum absolute atomic E-state index is 12.0. The number of carbonyl (C=O) groups excluding carboxylic acids is 1. The topological polar surface area (TPSA) is 113 Å². The molecule has 0 atom stereocenters. The van der Waals surface area contributed by atoms with Crippen molar-refractivity contribution in [2.45, 2.75) is 18.9 Å². The van der Waals surface area contributed by atoms with E-state index in [0.717, 1.165) is 29.7 Å². The summed E-state index contributed by atoms with van der Waals surface area (Å²) in [6.45, 7) is 0. The van der Waals surface area contributed by atoms with E-state index in [-0.39, 0.29) is 11.7 Å². The predicted octanol–water partition coefficient (Wildman–Crippen LogP) is 2.56. The molecule has 1 aromatic rings. The van der Waals surface area contributed by atoms with Crippen LogP contribution < -0.4 is 0 Å². The minimum absolute atomic E-state index is 0.172. The molecule has 1 aliphatic heterocycles. The number of rotatable bonds is 4. The molecule has 0 aromatic heterocycles. The first-order valence-electron chi connectivity index (χ1n) is 6.20. The Kier molecular flexibility index (Phi) is 4.73. The summed E-state index contributed by atoms with van der Waals surface area (Å²) >= 11 is 1.76. The summed E-state index contributed by atoms with van der Waals surface area (Å²) in [7, 11) is 0. The van der Waals surface area contributed by atoms with Gasteiger partial charge in [0, 0.05) is 12.1 Å². The van der Waals surface area contributed by atoms with Gasteiger partial charge in [-0.05, 0) is 24.3 Å². The van der Waals surface area contributed by atoms with Crippen molar-refractivity contribution >= 4 is 29.1 Å². The molecule has 0 bridgehead atoms. The number of non-ortho nitro benzene ring substituents is 2. The van der Waals surface area contributed by atoms with E-state index in [4.69, 9.17) is 4.74 Å². The normalized spacial score (nSPS) is 15.4. The number of nitro benzene ring substituents is 2. The summed E-state index contributed by atoms with van der Waals surface area (Å²) in [6.07, 6.45) is 1.19. The van der Waals surface area contributed by atoms with E-state index >= 15 is 0 Å². The Balaban J connectivity index is 2.22. The van der Waals surface area contributed by atoms with Crippen molar-refractivity contribution in [2.75, 3.05) is 11.5 Å². The first-order valence-corrected chi connectivity index (χ1v) is 7.35. The van der Waals surface area contributed by atoms with Crippen molar-refractivity contribution in [2.24, 2.45) is 0 Å². The molecule has 8 nitrogen and oxygen atoms in total. The molecule has 21 heavy (non-hydrogen) atoms. The largest absolute Gasteiger partial charge is 0.459 e. The SMILES string of the molecule is O=C(OC1CCSCC1)c1cc([N+](=O)[O-])cc([N+](=O)[O-])c1. The Bertz CT molecular complexity index is 553. The van der Waals surface area contributed by atoms with E-state index in [1.54, 1.807) is 11.8 Å². The average molecular weight is 312 g/mol. The second kappa shape index (κ2) is 6.53. The molecule has 1 aliphatic rings. The number of esters is 1. The third-order valence-electron chi connectivity index (χ3n) is 3.00. The molecule has 2 rings (SSSR count). The lowest BCUT2D eigenvalue weighted by molar-refractivity contribution is -0.394. The Morgan fingerprint density at radius 1 is 1.10 bits per heavy atom. The Hall–Kier alpha value is -2.16. The number of benzene rings is 1. The highest BCUT2D eigenvalue weighted by atomic mass is 32.2. The average Bonchev–Trinajstić information content (AvgIpc) is 2.47. The van der Waals surface area contributed by atoms with E-state index in [1.165, 1.54) is 0 Å². The van der Waals surface area contributed by atoms with Crippen molar-refractivity contribution < 1.29 is 19.4 Å². The van der Waals surface area contributed by atoms with E-state index in [2.05, 4.69) is 0 Å². The Morgan fingerprint density at radius 2 is 1.62 bits per heavy atom. The zero-order valence-corrected chi connectivity index (χ0v) is 11.7. The number of thioether (sulfide) groups is 1. The summed E-state index contributed by atoms with van der Waals surface area (Å²) in [5.41, 5.74) is -1.18. The van der Waals surface area contributed by atoms with E-state index in [9.17, 15) is 25.0 Å². The van der Waals surface area contributed by atoms with Crippen molar-refractivity contribution in [3.63, 3.8) is 0 Å². The third-order valence-corrected chi connectivity index (χ3v) is 4.05. The molecule has 0 radical (unpaired) electrons. The van der Waals surface area contributed by atoms with E-state index in [1.807, 2.05) is 0 Å². The van der Waals surface area contributed by atoms with Crippen LogP contribution in [0.15, 0.2) is 18.2 Å². The standard InChI is InChI=1S/C12H12N2O6S/c15-12(20-11-1-3-21-4-2-11)8-5-9(13(16)17)7-10(6-8)14(18)19/h5-7,11H,1-4H2. The van der Waals surface area contributed by atoms with Crippen LogP contribution >= 0.6 is 11.8 Å². The minimum atomic E-state index is -0.777. The smallest absolute Gasteiger partial charge is 0.338 e. The fourth-order valence-electron chi connectivity index (χ4n) is 1.94. The molecule has 1 saturated heterocycles. The minimum Gasteiger partial charge on any atom is -0.459 e. The number of nitro groups is 2. The number of ether oxygens (including phenoxy) is 1. The van der Waals surface area contributed by atoms with Crippen LogP contribution in [0, 0.1) is 20.2 Å². The molecule has 0 N–H and O–H groups in total. The van der Waals surface area contributed by atoms with Crippen molar-refractivity contribution in [3.8, 4) is 0 Å². The summed E-state index contributed by atoms with van der Waals surface area (Å²) in [4.78, 5) is 32.0. The third kappa shape index (κ3) is 3.91. The van der Waals surface area contributed by atoms with Crippen LogP contribution in [-0.2, 0) is 4.74 Å². The molecule has 1 heterocycles. The van der Waals surface area contributed by atoms with E-state index in [0.29, 0.717) is 12.8 Å². The number of hydrogen-bond acceptors (Lipinski definition) is 7. The molecule has 1 aromatic carbocycles. The zero-order valence-electron chi connectivity index (χ0n) is 10.9. The number of nitrogens with zero attached hydrogens (tertiary/aromatic N) is 2. The fourth-order valence-corrected chi connectivity index (χ4v) is 3.00. The molecule has 112 valence electrons. The van der Waals surface area contributed by atoms with Crippen LogP contribution in [0.2, 0.25) is 0 Å². The van der Waals surface area contributed by atoms with Crippen LogP contribution in [0.3, 0.4) is 0 Å². The van der Waals surface area contributed by atoms with Gasteiger partial charge in [0.15, 0.2) is 0 Å². The van der Waals surface area contributed by atoms with E-state index < -0.39 is 27.2 Å². The molecule has 0 amide bonds. The quantitative estimate of drug-likeness (QED) is 0.477. The maximum atomic E-state index is 12.0. The van der Waals surface area contributed by atoms with Crippen LogP contribution in [0.25, 0.3) is 0 Å². The van der Waals surface area contributed by atoms with Gasteiger partial charge < -0.3 is 4.74 Å². The molecule has 1 fully saturated rings. The summed E-state index contributed by atoms with van der Waals surface area (Å²) in [6, 6.07) is 2.80. The fraction of sp³-hybridized carbons (Fsp3) is 0.417. The first-order chi connectivity index (χ1) is 9.97. The highest BCUT2D eigenvalue weighted by Gasteiger charge is 2.23. The number of carbonyl (C=O) groups is 1. The first kappa shape index (κ1) is 15.2. The molecule has 0 spiro atoms. The van der Waals surface area contributed by atoms with Gasteiger partial charge in [0.25, 0.3) is 11.4 Å². The van der Waals surface area contributed by atoms with Crippen LogP contribution in [0.1, 0.15) is 23.2 Å². The molecule has 0 unspecified atom stereocenters.